The predicted molar refractivity (Wildman–Crippen MR) is 115 cm³/mol. The summed E-state index contributed by atoms with van der Waals surface area (Å²) in [5, 5.41) is 7.19. The molecule has 1 atom stereocenters. The van der Waals surface area contributed by atoms with Crippen molar-refractivity contribution in [1.82, 2.24) is 5.32 Å². The molecule has 2 aromatic carbocycles. The second-order valence-corrected chi connectivity index (χ2v) is 7.61. The van der Waals surface area contributed by atoms with Crippen molar-refractivity contribution >= 4 is 29.0 Å². The van der Waals surface area contributed by atoms with Crippen LogP contribution in [-0.2, 0) is 4.74 Å². The van der Waals surface area contributed by atoms with Crippen molar-refractivity contribution < 1.29 is 9.53 Å². The van der Waals surface area contributed by atoms with Gasteiger partial charge in [0.2, 0.25) is 0 Å². The summed E-state index contributed by atoms with van der Waals surface area (Å²) < 4.78 is 4.80. The van der Waals surface area contributed by atoms with Crippen LogP contribution in [0.15, 0.2) is 36.4 Å². The Hall–Kier alpha value is -2.40. The molecule has 144 valence electrons. The third-order valence-corrected chi connectivity index (χ3v) is 4.84. The van der Waals surface area contributed by atoms with Crippen LogP contribution in [0.4, 0.5) is 5.69 Å². The molecule has 0 amide bonds. The summed E-state index contributed by atoms with van der Waals surface area (Å²) >= 11 is 5.56. The normalized spacial score (nSPS) is 11.8. The lowest BCUT2D eigenvalue weighted by molar-refractivity contribution is 0.0601. The van der Waals surface area contributed by atoms with Gasteiger partial charge in [-0.2, -0.15) is 0 Å². The minimum atomic E-state index is -0.368. The number of anilines is 1. The number of nitrogens with one attached hydrogen (secondary N) is 2. The van der Waals surface area contributed by atoms with Crippen LogP contribution in [-0.4, -0.2) is 18.2 Å². The Bertz CT molecular complexity index is 846. The molecule has 4 nitrogen and oxygen atoms in total. The zero-order valence-corrected chi connectivity index (χ0v) is 17.7. The number of esters is 1. The molecular weight excluding hydrogens is 356 g/mol. The summed E-state index contributed by atoms with van der Waals surface area (Å²) in [5.74, 6) is -0.0130. The van der Waals surface area contributed by atoms with Crippen molar-refractivity contribution in [3.8, 4) is 0 Å². The molecule has 0 unspecified atom stereocenters. The number of carbonyl (C=O) groups excluding carboxylic acids is 1. The lowest BCUT2D eigenvalue weighted by Gasteiger charge is -2.26. The minimum Gasteiger partial charge on any atom is -0.465 e. The van der Waals surface area contributed by atoms with Crippen molar-refractivity contribution in [1.29, 1.82) is 0 Å². The third-order valence-electron chi connectivity index (χ3n) is 4.62. The molecule has 5 heteroatoms. The lowest BCUT2D eigenvalue weighted by atomic mass is 9.92. The maximum Gasteiger partial charge on any atom is 0.337 e. The molecule has 0 saturated heterocycles. The molecule has 2 rings (SSSR count). The summed E-state index contributed by atoms with van der Waals surface area (Å²) in [6.07, 6.45) is 0. The number of carbonyl (C=O) groups is 1. The lowest BCUT2D eigenvalue weighted by Crippen LogP contribution is -2.35. The number of hydrogen-bond acceptors (Lipinski definition) is 3. The van der Waals surface area contributed by atoms with Gasteiger partial charge >= 0.3 is 5.97 Å². The zero-order valence-electron chi connectivity index (χ0n) is 16.8. The Kier molecular flexibility index (Phi) is 6.97. The molecule has 0 aliphatic heterocycles. The van der Waals surface area contributed by atoms with Gasteiger partial charge in [-0.3, -0.25) is 0 Å². The van der Waals surface area contributed by atoms with E-state index < -0.39 is 0 Å². The Labute approximate surface area is 167 Å². The average Bonchev–Trinajstić information content (AvgIpc) is 2.61. The quantitative estimate of drug-likeness (QED) is 0.556. The number of rotatable bonds is 5. The maximum absolute atomic E-state index is 11.8. The van der Waals surface area contributed by atoms with Crippen LogP contribution in [0.3, 0.4) is 0 Å². The summed E-state index contributed by atoms with van der Waals surface area (Å²) in [7, 11) is 1.37. The van der Waals surface area contributed by atoms with E-state index in [0.717, 1.165) is 11.3 Å². The van der Waals surface area contributed by atoms with E-state index in [4.69, 9.17) is 17.0 Å². The van der Waals surface area contributed by atoms with Crippen molar-refractivity contribution in [2.24, 2.45) is 5.92 Å². The van der Waals surface area contributed by atoms with Crippen LogP contribution in [0.1, 0.15) is 52.5 Å². The molecule has 0 aliphatic rings. The van der Waals surface area contributed by atoms with E-state index in [0.29, 0.717) is 16.6 Å². The van der Waals surface area contributed by atoms with Gasteiger partial charge in [0.1, 0.15) is 0 Å². The van der Waals surface area contributed by atoms with Crippen LogP contribution in [0, 0.1) is 26.7 Å². The first-order chi connectivity index (χ1) is 12.7. The van der Waals surface area contributed by atoms with Crippen LogP contribution in [0.25, 0.3) is 0 Å². The molecule has 2 N–H and O–H groups in total. The van der Waals surface area contributed by atoms with Crippen LogP contribution >= 0.6 is 12.2 Å². The molecule has 2 aromatic rings. The minimum absolute atomic E-state index is 0.0923. The molecule has 0 aliphatic carbocycles. The van der Waals surface area contributed by atoms with Gasteiger partial charge in [0, 0.05) is 5.69 Å². The highest BCUT2D eigenvalue weighted by Crippen LogP contribution is 2.26. The highest BCUT2D eigenvalue weighted by molar-refractivity contribution is 7.80. The van der Waals surface area contributed by atoms with Crippen LogP contribution in [0.5, 0.6) is 0 Å². The van der Waals surface area contributed by atoms with E-state index in [1.165, 1.54) is 23.8 Å². The molecule has 0 spiro atoms. The molecule has 27 heavy (non-hydrogen) atoms. The molecule has 0 saturated carbocycles. The van der Waals surface area contributed by atoms with Gasteiger partial charge < -0.3 is 15.4 Å². The number of hydrogen-bond donors (Lipinski definition) is 2. The van der Waals surface area contributed by atoms with Gasteiger partial charge in [-0.1, -0.05) is 43.7 Å². The van der Waals surface area contributed by atoms with Gasteiger partial charge in [0.15, 0.2) is 5.11 Å². The second-order valence-electron chi connectivity index (χ2n) is 7.20. The van der Waals surface area contributed by atoms with Gasteiger partial charge in [0.05, 0.1) is 18.7 Å². The number of benzene rings is 2. The van der Waals surface area contributed by atoms with Gasteiger partial charge in [-0.15, -0.1) is 0 Å². The van der Waals surface area contributed by atoms with E-state index >= 15 is 0 Å². The predicted octanol–water partition coefficient (Wildman–Crippen LogP) is 5.08. The Morgan fingerprint density at radius 2 is 1.74 bits per heavy atom. The van der Waals surface area contributed by atoms with Gasteiger partial charge in [0.25, 0.3) is 0 Å². The first-order valence-corrected chi connectivity index (χ1v) is 9.47. The summed E-state index contributed by atoms with van der Waals surface area (Å²) in [6.45, 7) is 10.5. The summed E-state index contributed by atoms with van der Waals surface area (Å²) in [4.78, 5) is 11.8. The van der Waals surface area contributed by atoms with Crippen LogP contribution in [0.2, 0.25) is 0 Å². The zero-order chi connectivity index (χ0) is 20.1. The Morgan fingerprint density at radius 3 is 2.33 bits per heavy atom. The van der Waals surface area contributed by atoms with Crippen molar-refractivity contribution in [2.75, 3.05) is 12.4 Å². The molecule has 0 heterocycles. The fourth-order valence-corrected chi connectivity index (χ4v) is 3.32. The van der Waals surface area contributed by atoms with E-state index in [-0.39, 0.29) is 12.0 Å². The first kappa shape index (κ1) is 20.9. The van der Waals surface area contributed by atoms with E-state index in [1.807, 2.05) is 13.0 Å². The van der Waals surface area contributed by atoms with Crippen molar-refractivity contribution in [3.63, 3.8) is 0 Å². The Balaban J connectivity index is 2.21. The SMILES string of the molecule is COC(=O)c1ccc(C)c(NC(=S)N[C@H](c2ccc(C)cc2C)C(C)C)c1. The number of thiocarbonyl (C=S) groups is 1. The topological polar surface area (TPSA) is 50.4 Å². The molecule has 0 radical (unpaired) electrons. The molecular formula is C22H28N2O2S. The van der Waals surface area contributed by atoms with E-state index in [9.17, 15) is 4.79 Å². The largest absolute Gasteiger partial charge is 0.465 e. The standard InChI is InChI=1S/C22H28N2O2S/c1-13(2)20(18-10-7-14(3)11-16(18)5)24-22(27)23-19-12-17(21(25)26-6)9-8-15(19)4/h7-13,20H,1-6H3,(H2,23,24,27)/t20-/m0/s1. The molecule has 0 aromatic heterocycles. The summed E-state index contributed by atoms with van der Waals surface area (Å²) in [6, 6.07) is 11.9. The highest BCUT2D eigenvalue weighted by Gasteiger charge is 2.19. The van der Waals surface area contributed by atoms with Crippen LogP contribution < -0.4 is 10.6 Å². The fraction of sp³-hybridized carbons (Fsp3) is 0.364. The smallest absolute Gasteiger partial charge is 0.337 e. The van der Waals surface area contributed by atoms with Crippen molar-refractivity contribution in [3.05, 3.63) is 64.2 Å². The van der Waals surface area contributed by atoms with E-state index in [2.05, 4.69) is 56.5 Å². The number of aryl methyl sites for hydroxylation is 3. The fourth-order valence-electron chi connectivity index (χ4n) is 3.08. The van der Waals surface area contributed by atoms with Gasteiger partial charge in [-0.05, 0) is 67.7 Å². The Morgan fingerprint density at radius 1 is 1.04 bits per heavy atom. The second kappa shape index (κ2) is 9.00. The van der Waals surface area contributed by atoms with Gasteiger partial charge in [-0.25, -0.2) is 4.79 Å². The maximum atomic E-state index is 11.8. The monoisotopic (exact) mass is 384 g/mol. The highest BCUT2D eigenvalue weighted by atomic mass is 32.1. The van der Waals surface area contributed by atoms with E-state index in [1.54, 1.807) is 12.1 Å². The third kappa shape index (κ3) is 5.30. The van der Waals surface area contributed by atoms with Crippen molar-refractivity contribution in [2.45, 2.75) is 40.7 Å². The molecule has 0 fully saturated rings. The molecule has 0 bridgehead atoms. The first-order valence-electron chi connectivity index (χ1n) is 9.06. The number of methoxy groups -OCH3 is 1. The summed E-state index contributed by atoms with van der Waals surface area (Å²) in [5.41, 5.74) is 6.00. The number of ether oxygens (including phenoxy) is 1. The average molecular weight is 385 g/mol.